The third kappa shape index (κ3) is 4.56. The van der Waals surface area contributed by atoms with Gasteiger partial charge in [0.1, 0.15) is 0 Å². The molecule has 0 aliphatic carbocycles. The summed E-state index contributed by atoms with van der Waals surface area (Å²) < 4.78 is 4.87. The number of anilines is 1. The number of aromatic nitrogens is 2. The summed E-state index contributed by atoms with van der Waals surface area (Å²) in [5, 5.41) is 3.60. The maximum Gasteiger partial charge on any atom is 0.361 e. The van der Waals surface area contributed by atoms with Crippen molar-refractivity contribution in [2.75, 3.05) is 12.3 Å². The number of nitrogens with two attached hydrogens (primary N) is 1. The molecule has 1 amide bonds. The zero-order chi connectivity index (χ0) is 17.7. The van der Waals surface area contributed by atoms with E-state index in [1.54, 1.807) is 25.1 Å². The molecule has 0 radical (unpaired) electrons. The maximum atomic E-state index is 11.9. The zero-order valence-corrected chi connectivity index (χ0v) is 14.1. The Morgan fingerprint density at radius 3 is 2.67 bits per heavy atom. The lowest BCUT2D eigenvalue weighted by Gasteiger charge is -2.16. The SMILES string of the molecule is C[C@@H](NC(=O)COC(=O)c1nccnc1N)c1ccc(Cl)cc1Cl. The molecule has 0 saturated carbocycles. The van der Waals surface area contributed by atoms with E-state index in [0.717, 1.165) is 0 Å². The molecular formula is C15H14Cl2N4O3. The highest BCUT2D eigenvalue weighted by atomic mass is 35.5. The molecule has 1 aromatic carbocycles. The van der Waals surface area contributed by atoms with Gasteiger partial charge < -0.3 is 15.8 Å². The lowest BCUT2D eigenvalue weighted by atomic mass is 10.1. The molecule has 1 heterocycles. The van der Waals surface area contributed by atoms with Crippen molar-refractivity contribution < 1.29 is 14.3 Å². The van der Waals surface area contributed by atoms with Gasteiger partial charge in [-0.25, -0.2) is 14.8 Å². The topological polar surface area (TPSA) is 107 Å². The van der Waals surface area contributed by atoms with E-state index in [-0.39, 0.29) is 17.6 Å². The van der Waals surface area contributed by atoms with Crippen LogP contribution in [0.4, 0.5) is 5.82 Å². The van der Waals surface area contributed by atoms with Crippen LogP contribution in [0.1, 0.15) is 29.0 Å². The molecule has 0 aliphatic heterocycles. The number of nitrogens with one attached hydrogen (secondary N) is 1. The van der Waals surface area contributed by atoms with Crippen molar-refractivity contribution in [3.8, 4) is 0 Å². The quantitative estimate of drug-likeness (QED) is 0.784. The predicted molar refractivity (Wildman–Crippen MR) is 89.7 cm³/mol. The average molecular weight is 369 g/mol. The fourth-order valence-corrected chi connectivity index (χ4v) is 2.49. The zero-order valence-electron chi connectivity index (χ0n) is 12.6. The monoisotopic (exact) mass is 368 g/mol. The Balaban J connectivity index is 1.91. The van der Waals surface area contributed by atoms with Gasteiger partial charge in [-0.15, -0.1) is 0 Å². The largest absolute Gasteiger partial charge is 0.451 e. The second-order valence-electron chi connectivity index (χ2n) is 4.82. The normalized spacial score (nSPS) is 11.6. The third-order valence-corrected chi connectivity index (χ3v) is 3.62. The number of nitrogen functional groups attached to an aromatic ring is 1. The van der Waals surface area contributed by atoms with Crippen LogP contribution in [0.2, 0.25) is 10.0 Å². The number of halogens is 2. The number of ether oxygens (including phenoxy) is 1. The van der Waals surface area contributed by atoms with E-state index < -0.39 is 18.5 Å². The lowest BCUT2D eigenvalue weighted by molar-refractivity contribution is -0.124. The Morgan fingerprint density at radius 1 is 1.29 bits per heavy atom. The Kier molecular flexibility index (Phi) is 5.94. The van der Waals surface area contributed by atoms with Gasteiger partial charge in [-0.2, -0.15) is 0 Å². The fraction of sp³-hybridized carbons (Fsp3) is 0.200. The molecule has 1 aromatic heterocycles. The summed E-state index contributed by atoms with van der Waals surface area (Å²) in [6.45, 7) is 1.26. The van der Waals surface area contributed by atoms with Crippen LogP contribution in [-0.4, -0.2) is 28.5 Å². The van der Waals surface area contributed by atoms with E-state index in [1.165, 1.54) is 12.4 Å². The van der Waals surface area contributed by atoms with Crippen molar-refractivity contribution in [1.29, 1.82) is 0 Å². The van der Waals surface area contributed by atoms with Gasteiger partial charge in [-0.3, -0.25) is 4.79 Å². The number of carbonyl (C=O) groups excluding carboxylic acids is 2. The summed E-state index contributed by atoms with van der Waals surface area (Å²) >= 11 is 11.9. The number of hydrogen-bond donors (Lipinski definition) is 2. The van der Waals surface area contributed by atoms with Crippen molar-refractivity contribution in [3.63, 3.8) is 0 Å². The highest BCUT2D eigenvalue weighted by Crippen LogP contribution is 2.25. The first-order valence-electron chi connectivity index (χ1n) is 6.86. The van der Waals surface area contributed by atoms with Gasteiger partial charge in [-0.1, -0.05) is 29.3 Å². The third-order valence-electron chi connectivity index (χ3n) is 3.06. The van der Waals surface area contributed by atoms with Crippen molar-refractivity contribution in [1.82, 2.24) is 15.3 Å². The number of rotatable bonds is 5. The molecule has 126 valence electrons. The first-order valence-corrected chi connectivity index (χ1v) is 7.62. The number of carbonyl (C=O) groups is 2. The van der Waals surface area contributed by atoms with Gasteiger partial charge >= 0.3 is 5.97 Å². The van der Waals surface area contributed by atoms with Crippen LogP contribution in [-0.2, 0) is 9.53 Å². The Morgan fingerprint density at radius 2 is 2.00 bits per heavy atom. The number of hydrogen-bond acceptors (Lipinski definition) is 6. The molecule has 0 fully saturated rings. The summed E-state index contributed by atoms with van der Waals surface area (Å²) in [5.41, 5.74) is 6.07. The van der Waals surface area contributed by atoms with E-state index in [4.69, 9.17) is 33.7 Å². The lowest BCUT2D eigenvalue weighted by Crippen LogP contribution is -2.31. The molecular weight excluding hydrogens is 355 g/mol. The molecule has 2 aromatic rings. The molecule has 3 N–H and O–H groups in total. The van der Waals surface area contributed by atoms with Crippen LogP contribution in [0.15, 0.2) is 30.6 Å². The summed E-state index contributed by atoms with van der Waals surface area (Å²) in [5.74, 6) is -1.39. The smallest absolute Gasteiger partial charge is 0.361 e. The van der Waals surface area contributed by atoms with Crippen LogP contribution < -0.4 is 11.1 Å². The first-order chi connectivity index (χ1) is 11.4. The summed E-state index contributed by atoms with van der Waals surface area (Å²) in [6.07, 6.45) is 2.65. The average Bonchev–Trinajstić information content (AvgIpc) is 2.52. The van der Waals surface area contributed by atoms with Crippen LogP contribution in [0.3, 0.4) is 0 Å². The summed E-state index contributed by atoms with van der Waals surface area (Å²) in [7, 11) is 0. The van der Waals surface area contributed by atoms with E-state index in [1.807, 2.05) is 0 Å². The van der Waals surface area contributed by atoms with Crippen molar-refractivity contribution in [2.24, 2.45) is 0 Å². The van der Waals surface area contributed by atoms with Gasteiger partial charge in [0, 0.05) is 22.4 Å². The molecule has 9 heteroatoms. The highest BCUT2D eigenvalue weighted by molar-refractivity contribution is 6.35. The Hall–Kier alpha value is -2.38. The molecule has 0 bridgehead atoms. The van der Waals surface area contributed by atoms with Gasteiger partial charge in [0.2, 0.25) is 0 Å². The molecule has 0 spiro atoms. The molecule has 24 heavy (non-hydrogen) atoms. The van der Waals surface area contributed by atoms with Gasteiger partial charge in [0.25, 0.3) is 5.91 Å². The van der Waals surface area contributed by atoms with Crippen molar-refractivity contribution in [3.05, 3.63) is 51.9 Å². The van der Waals surface area contributed by atoms with Crippen LogP contribution in [0.5, 0.6) is 0 Å². The van der Waals surface area contributed by atoms with Crippen LogP contribution in [0, 0.1) is 0 Å². The standard InChI is InChI=1S/C15H14Cl2N4O3/c1-8(10-3-2-9(16)6-11(10)17)21-12(22)7-24-15(23)13-14(18)20-5-4-19-13/h2-6,8H,7H2,1H3,(H2,18,20)(H,21,22)/t8-/m1/s1. The van der Waals surface area contributed by atoms with Crippen LogP contribution >= 0.6 is 23.2 Å². The van der Waals surface area contributed by atoms with E-state index in [2.05, 4.69) is 15.3 Å². The fourth-order valence-electron chi connectivity index (χ4n) is 1.92. The maximum absolute atomic E-state index is 11.9. The highest BCUT2D eigenvalue weighted by Gasteiger charge is 2.17. The second kappa shape index (κ2) is 7.94. The molecule has 0 unspecified atom stereocenters. The summed E-state index contributed by atoms with van der Waals surface area (Å²) in [6, 6.07) is 4.57. The molecule has 0 aliphatic rings. The predicted octanol–water partition coefficient (Wildman–Crippen LogP) is 2.40. The molecule has 1 atom stereocenters. The molecule has 7 nitrogen and oxygen atoms in total. The van der Waals surface area contributed by atoms with Gasteiger partial charge in [0.05, 0.1) is 6.04 Å². The van der Waals surface area contributed by atoms with Gasteiger partial charge in [-0.05, 0) is 24.6 Å². The molecule has 2 rings (SSSR count). The van der Waals surface area contributed by atoms with Crippen molar-refractivity contribution >= 4 is 40.9 Å². The van der Waals surface area contributed by atoms with E-state index >= 15 is 0 Å². The minimum atomic E-state index is -0.826. The molecule has 0 saturated heterocycles. The number of esters is 1. The number of nitrogens with zero attached hydrogens (tertiary/aromatic N) is 2. The second-order valence-corrected chi connectivity index (χ2v) is 5.66. The van der Waals surface area contributed by atoms with Gasteiger partial charge in [0.15, 0.2) is 18.1 Å². The number of amides is 1. The Bertz CT molecular complexity index is 770. The minimum Gasteiger partial charge on any atom is -0.451 e. The van der Waals surface area contributed by atoms with E-state index in [9.17, 15) is 9.59 Å². The minimum absolute atomic E-state index is 0.0655. The van der Waals surface area contributed by atoms with Crippen LogP contribution in [0.25, 0.3) is 0 Å². The Labute approximate surface area is 148 Å². The van der Waals surface area contributed by atoms with E-state index in [0.29, 0.717) is 15.6 Å². The van der Waals surface area contributed by atoms with Crippen molar-refractivity contribution in [2.45, 2.75) is 13.0 Å². The first kappa shape index (κ1) is 18.0. The summed E-state index contributed by atoms with van der Waals surface area (Å²) in [4.78, 5) is 31.2. The number of benzene rings is 1.